The Bertz CT molecular complexity index is 353. The predicted molar refractivity (Wildman–Crippen MR) is 91.9 cm³/mol. The van der Waals surface area contributed by atoms with Crippen molar-refractivity contribution in [3.63, 3.8) is 0 Å². The van der Waals surface area contributed by atoms with Gasteiger partial charge in [-0.05, 0) is 20.3 Å². The molecule has 134 valence electrons. The van der Waals surface area contributed by atoms with E-state index in [1.807, 2.05) is 0 Å². The summed E-state index contributed by atoms with van der Waals surface area (Å²) in [6.07, 6.45) is 13.6. The summed E-state index contributed by atoms with van der Waals surface area (Å²) in [6, 6.07) is 0. The molecule has 0 aromatic carbocycles. The van der Waals surface area contributed by atoms with Gasteiger partial charge in [0.1, 0.15) is 0 Å². The molecule has 0 aromatic rings. The van der Waals surface area contributed by atoms with Crippen molar-refractivity contribution in [3.05, 3.63) is 0 Å². The highest BCUT2D eigenvalue weighted by atomic mass is 32.2. The summed E-state index contributed by atoms with van der Waals surface area (Å²) in [7, 11) is -4.05. The quantitative estimate of drug-likeness (QED) is 0.369. The molecular formula is C17H37NO3S. The van der Waals surface area contributed by atoms with Crippen LogP contribution < -0.4 is 5.32 Å². The van der Waals surface area contributed by atoms with Crippen molar-refractivity contribution < 1.29 is 18.3 Å². The number of quaternary nitrogens is 1. The molecule has 0 unspecified atom stereocenters. The number of nitrogens with two attached hydrogens (primary N) is 1. The molecule has 0 aliphatic carbocycles. The highest BCUT2D eigenvalue weighted by molar-refractivity contribution is 7.85. The lowest BCUT2D eigenvalue weighted by Gasteiger charge is -2.23. The van der Waals surface area contributed by atoms with Gasteiger partial charge < -0.3 is 9.87 Å². The van der Waals surface area contributed by atoms with Gasteiger partial charge in [0.15, 0.2) is 0 Å². The van der Waals surface area contributed by atoms with Crippen LogP contribution in [0, 0.1) is 0 Å². The second-order valence-electron chi connectivity index (χ2n) is 7.18. The molecule has 0 rings (SSSR count). The third kappa shape index (κ3) is 16.2. The highest BCUT2D eigenvalue weighted by Crippen LogP contribution is 2.13. The second-order valence-corrected chi connectivity index (χ2v) is 8.70. The first-order valence-electron chi connectivity index (χ1n) is 9.05. The van der Waals surface area contributed by atoms with Crippen molar-refractivity contribution in [1.82, 2.24) is 0 Å². The summed E-state index contributed by atoms with van der Waals surface area (Å²) in [5, 5.41) is 2.18. The van der Waals surface area contributed by atoms with Gasteiger partial charge in [0.2, 0.25) is 0 Å². The van der Waals surface area contributed by atoms with Crippen LogP contribution in [0.1, 0.15) is 91.4 Å². The van der Waals surface area contributed by atoms with Gasteiger partial charge >= 0.3 is 0 Å². The zero-order valence-corrected chi connectivity index (χ0v) is 15.7. The highest BCUT2D eigenvalue weighted by Gasteiger charge is 2.19. The average Bonchev–Trinajstić information content (AvgIpc) is 2.41. The van der Waals surface area contributed by atoms with Crippen LogP contribution in [0.15, 0.2) is 0 Å². The zero-order chi connectivity index (χ0) is 16.9. The van der Waals surface area contributed by atoms with Crippen LogP contribution in [0.25, 0.3) is 0 Å². The number of unbranched alkanes of at least 4 members (excludes halogenated alkanes) is 8. The van der Waals surface area contributed by atoms with Gasteiger partial charge in [-0.15, -0.1) is 0 Å². The Balaban J connectivity index is 3.47. The van der Waals surface area contributed by atoms with Gasteiger partial charge in [-0.1, -0.05) is 58.3 Å². The molecule has 0 saturated carbocycles. The maximum absolute atomic E-state index is 10.5. The molecule has 0 fully saturated rings. The van der Waals surface area contributed by atoms with Crippen LogP contribution in [0.2, 0.25) is 0 Å². The zero-order valence-electron chi connectivity index (χ0n) is 14.9. The van der Waals surface area contributed by atoms with Gasteiger partial charge in [0.25, 0.3) is 0 Å². The number of hydrogen-bond donors (Lipinski definition) is 1. The van der Waals surface area contributed by atoms with Gasteiger partial charge in [-0.25, -0.2) is 8.42 Å². The molecule has 0 aromatic heterocycles. The van der Waals surface area contributed by atoms with E-state index in [1.165, 1.54) is 57.8 Å². The second kappa shape index (κ2) is 12.3. The molecule has 0 spiro atoms. The average molecular weight is 336 g/mol. The van der Waals surface area contributed by atoms with E-state index in [0.717, 1.165) is 6.42 Å². The van der Waals surface area contributed by atoms with Crippen molar-refractivity contribution in [2.24, 2.45) is 0 Å². The van der Waals surface area contributed by atoms with E-state index in [2.05, 4.69) is 26.1 Å². The minimum absolute atomic E-state index is 0.147. The predicted octanol–water partition coefficient (Wildman–Crippen LogP) is 3.18. The maximum atomic E-state index is 10.5. The third-order valence-electron chi connectivity index (χ3n) is 4.22. The monoisotopic (exact) mass is 335 g/mol. The van der Waals surface area contributed by atoms with Gasteiger partial charge in [-0.2, -0.15) is 0 Å². The molecule has 2 N–H and O–H groups in total. The molecule has 0 saturated heterocycles. The van der Waals surface area contributed by atoms with Crippen LogP contribution in [0.3, 0.4) is 0 Å². The summed E-state index contributed by atoms with van der Waals surface area (Å²) in [5.74, 6) is -0.238. The lowest BCUT2D eigenvalue weighted by atomic mass is 9.96. The third-order valence-corrected chi connectivity index (χ3v) is 5.01. The van der Waals surface area contributed by atoms with Crippen molar-refractivity contribution >= 4 is 10.1 Å². The molecule has 4 nitrogen and oxygen atoms in total. The fourth-order valence-corrected chi connectivity index (χ4v) is 3.27. The standard InChI is InChI=1S/C17H37NO3S/c1-4-5-6-7-8-9-10-11-12-14-17(2,3)18-15-13-16-22(19,20)21/h18H,4-16H2,1-3H3,(H,19,20,21). The Labute approximate surface area is 138 Å². The lowest BCUT2D eigenvalue weighted by molar-refractivity contribution is -0.721. The SMILES string of the molecule is CCCCCCCCCCCC(C)(C)[NH2+]CCCS(=O)(=O)[O-]. The van der Waals surface area contributed by atoms with E-state index in [0.29, 0.717) is 13.0 Å². The number of rotatable bonds is 15. The molecule has 0 heterocycles. The first-order chi connectivity index (χ1) is 10.3. The van der Waals surface area contributed by atoms with Gasteiger partial charge in [0.05, 0.1) is 22.2 Å². The van der Waals surface area contributed by atoms with E-state index in [-0.39, 0.29) is 11.3 Å². The smallest absolute Gasteiger partial charge is 0.0948 e. The molecule has 0 bridgehead atoms. The summed E-state index contributed by atoms with van der Waals surface area (Å²) >= 11 is 0. The minimum Gasteiger partial charge on any atom is -0.748 e. The minimum atomic E-state index is -4.05. The van der Waals surface area contributed by atoms with Crippen molar-refractivity contribution in [1.29, 1.82) is 0 Å². The molecule has 0 amide bonds. The fraction of sp³-hybridized carbons (Fsp3) is 1.00. The summed E-state index contributed by atoms with van der Waals surface area (Å²) in [5.41, 5.74) is 0.147. The van der Waals surface area contributed by atoms with Crippen LogP contribution in [-0.4, -0.2) is 30.8 Å². The first-order valence-corrected chi connectivity index (χ1v) is 10.6. The summed E-state index contributed by atoms with van der Waals surface area (Å²) < 4.78 is 31.6. The Hall–Kier alpha value is -0.130. The lowest BCUT2D eigenvalue weighted by Crippen LogP contribution is -2.95. The Morgan fingerprint density at radius 3 is 1.86 bits per heavy atom. The van der Waals surface area contributed by atoms with E-state index >= 15 is 0 Å². The Morgan fingerprint density at radius 2 is 1.36 bits per heavy atom. The van der Waals surface area contributed by atoms with Crippen LogP contribution >= 0.6 is 0 Å². The first kappa shape index (κ1) is 21.9. The topological polar surface area (TPSA) is 73.8 Å². The molecule has 22 heavy (non-hydrogen) atoms. The molecule has 0 aliphatic heterocycles. The van der Waals surface area contributed by atoms with Crippen LogP contribution in [-0.2, 0) is 10.1 Å². The maximum Gasteiger partial charge on any atom is 0.0948 e. The van der Waals surface area contributed by atoms with Gasteiger partial charge in [0, 0.05) is 18.6 Å². The summed E-state index contributed by atoms with van der Waals surface area (Å²) in [4.78, 5) is 0. The van der Waals surface area contributed by atoms with E-state index in [9.17, 15) is 13.0 Å². The normalized spacial score (nSPS) is 12.7. The Kier molecular flexibility index (Phi) is 12.2. The summed E-state index contributed by atoms with van der Waals surface area (Å²) in [6.45, 7) is 7.36. The van der Waals surface area contributed by atoms with Crippen LogP contribution in [0.5, 0.6) is 0 Å². The van der Waals surface area contributed by atoms with Crippen molar-refractivity contribution in [2.75, 3.05) is 12.3 Å². The number of hydrogen-bond acceptors (Lipinski definition) is 3. The van der Waals surface area contributed by atoms with Crippen molar-refractivity contribution in [3.8, 4) is 0 Å². The van der Waals surface area contributed by atoms with Crippen molar-refractivity contribution in [2.45, 2.75) is 96.9 Å². The molecule has 5 heteroatoms. The van der Waals surface area contributed by atoms with E-state index in [4.69, 9.17) is 0 Å². The van der Waals surface area contributed by atoms with Gasteiger partial charge in [-0.3, -0.25) is 0 Å². The van der Waals surface area contributed by atoms with E-state index < -0.39 is 10.1 Å². The molecular weight excluding hydrogens is 298 g/mol. The molecule has 0 aliphatic rings. The van der Waals surface area contributed by atoms with Crippen LogP contribution in [0.4, 0.5) is 0 Å². The largest absolute Gasteiger partial charge is 0.748 e. The molecule has 0 atom stereocenters. The Morgan fingerprint density at radius 1 is 0.864 bits per heavy atom. The van der Waals surface area contributed by atoms with E-state index in [1.54, 1.807) is 0 Å². The fourth-order valence-electron chi connectivity index (χ4n) is 2.75. The molecule has 0 radical (unpaired) electrons.